The SMILES string of the molecule is CC(C)(O)[C@H]1CCN(Cc2ccc(Cl)o2)C1. The van der Waals surface area contributed by atoms with Crippen LogP contribution >= 0.6 is 11.6 Å². The third kappa shape index (κ3) is 2.78. The Morgan fingerprint density at radius 2 is 2.31 bits per heavy atom. The molecule has 1 atom stereocenters. The molecular formula is C12H18ClNO2. The molecule has 0 amide bonds. The molecule has 1 fully saturated rings. The number of aliphatic hydroxyl groups is 1. The summed E-state index contributed by atoms with van der Waals surface area (Å²) in [5.41, 5.74) is -0.588. The average Bonchev–Trinajstić information content (AvgIpc) is 2.74. The molecule has 0 bridgehead atoms. The van der Waals surface area contributed by atoms with Crippen molar-refractivity contribution in [3.63, 3.8) is 0 Å². The summed E-state index contributed by atoms with van der Waals surface area (Å²) in [5.74, 6) is 1.24. The van der Waals surface area contributed by atoms with E-state index in [1.54, 1.807) is 6.07 Å². The summed E-state index contributed by atoms with van der Waals surface area (Å²) in [5, 5.41) is 10.4. The molecule has 0 aliphatic carbocycles. The molecule has 2 heterocycles. The van der Waals surface area contributed by atoms with Crippen LogP contribution < -0.4 is 0 Å². The fourth-order valence-corrected chi connectivity index (χ4v) is 2.37. The van der Waals surface area contributed by atoms with Crippen molar-refractivity contribution in [1.82, 2.24) is 4.90 Å². The third-order valence-corrected chi connectivity index (χ3v) is 3.48. The molecule has 4 heteroatoms. The smallest absolute Gasteiger partial charge is 0.193 e. The van der Waals surface area contributed by atoms with Gasteiger partial charge in [-0.15, -0.1) is 0 Å². The second kappa shape index (κ2) is 4.40. The molecule has 90 valence electrons. The zero-order valence-electron chi connectivity index (χ0n) is 9.74. The predicted molar refractivity (Wildman–Crippen MR) is 63.4 cm³/mol. The predicted octanol–water partition coefficient (Wildman–Crippen LogP) is 2.53. The number of halogens is 1. The van der Waals surface area contributed by atoms with Crippen LogP contribution in [0.4, 0.5) is 0 Å². The molecule has 0 radical (unpaired) electrons. The van der Waals surface area contributed by atoms with Crippen molar-refractivity contribution in [2.45, 2.75) is 32.4 Å². The molecule has 0 spiro atoms. The van der Waals surface area contributed by atoms with Gasteiger partial charge in [0.1, 0.15) is 5.76 Å². The Morgan fingerprint density at radius 3 is 2.81 bits per heavy atom. The maximum atomic E-state index is 9.93. The second-order valence-corrected chi connectivity index (χ2v) is 5.45. The van der Waals surface area contributed by atoms with Crippen molar-refractivity contribution in [2.24, 2.45) is 5.92 Å². The summed E-state index contributed by atoms with van der Waals surface area (Å²) in [6.07, 6.45) is 1.04. The summed E-state index contributed by atoms with van der Waals surface area (Å²) >= 11 is 5.72. The highest BCUT2D eigenvalue weighted by atomic mass is 35.5. The van der Waals surface area contributed by atoms with Crippen molar-refractivity contribution >= 4 is 11.6 Å². The van der Waals surface area contributed by atoms with Gasteiger partial charge in [-0.25, -0.2) is 0 Å². The van der Waals surface area contributed by atoms with Crippen LogP contribution in [0.15, 0.2) is 16.5 Å². The quantitative estimate of drug-likeness (QED) is 0.886. The van der Waals surface area contributed by atoms with Gasteiger partial charge >= 0.3 is 0 Å². The van der Waals surface area contributed by atoms with E-state index in [0.717, 1.165) is 31.8 Å². The number of likely N-dealkylation sites (tertiary alicyclic amines) is 1. The van der Waals surface area contributed by atoms with E-state index in [4.69, 9.17) is 16.0 Å². The number of furan rings is 1. The number of rotatable bonds is 3. The molecule has 3 nitrogen and oxygen atoms in total. The van der Waals surface area contributed by atoms with Gasteiger partial charge < -0.3 is 9.52 Å². The maximum Gasteiger partial charge on any atom is 0.193 e. The van der Waals surface area contributed by atoms with Crippen LogP contribution in [-0.2, 0) is 6.54 Å². The van der Waals surface area contributed by atoms with Crippen molar-refractivity contribution < 1.29 is 9.52 Å². The zero-order valence-corrected chi connectivity index (χ0v) is 10.5. The third-order valence-electron chi connectivity index (χ3n) is 3.28. The van der Waals surface area contributed by atoms with Gasteiger partial charge in [0.2, 0.25) is 0 Å². The largest absolute Gasteiger partial charge is 0.448 e. The van der Waals surface area contributed by atoms with Gasteiger partial charge in [0, 0.05) is 12.5 Å². The Bertz CT molecular complexity index is 356. The van der Waals surface area contributed by atoms with Crippen molar-refractivity contribution in [2.75, 3.05) is 13.1 Å². The molecule has 1 aliphatic rings. The summed E-state index contributed by atoms with van der Waals surface area (Å²) in [4.78, 5) is 2.29. The number of hydrogen-bond acceptors (Lipinski definition) is 3. The topological polar surface area (TPSA) is 36.6 Å². The molecule has 1 saturated heterocycles. The van der Waals surface area contributed by atoms with Gasteiger partial charge in [0.05, 0.1) is 12.1 Å². The Kier molecular flexibility index (Phi) is 3.29. The first-order chi connectivity index (χ1) is 7.45. The standard InChI is InChI=1S/C12H18ClNO2/c1-12(2,15)9-5-6-14(7-9)8-10-3-4-11(13)16-10/h3-4,9,15H,5-8H2,1-2H3/t9-/m0/s1. The highest BCUT2D eigenvalue weighted by Crippen LogP contribution is 2.28. The molecular weight excluding hydrogens is 226 g/mol. The van der Waals surface area contributed by atoms with E-state index >= 15 is 0 Å². The van der Waals surface area contributed by atoms with E-state index in [-0.39, 0.29) is 0 Å². The van der Waals surface area contributed by atoms with Crippen LogP contribution in [0.3, 0.4) is 0 Å². The van der Waals surface area contributed by atoms with E-state index < -0.39 is 5.60 Å². The van der Waals surface area contributed by atoms with Crippen LogP contribution in [0.25, 0.3) is 0 Å². The van der Waals surface area contributed by atoms with Crippen LogP contribution in [-0.4, -0.2) is 28.7 Å². The lowest BCUT2D eigenvalue weighted by atomic mass is 9.90. The Labute approximate surface area is 101 Å². The number of nitrogens with zero attached hydrogens (tertiary/aromatic N) is 1. The van der Waals surface area contributed by atoms with Gasteiger partial charge in [-0.2, -0.15) is 0 Å². The number of hydrogen-bond donors (Lipinski definition) is 1. The van der Waals surface area contributed by atoms with Gasteiger partial charge in [0.15, 0.2) is 5.22 Å². The lowest BCUT2D eigenvalue weighted by Gasteiger charge is -2.25. The van der Waals surface area contributed by atoms with E-state index in [0.29, 0.717) is 11.1 Å². The molecule has 1 aromatic rings. The lowest BCUT2D eigenvalue weighted by molar-refractivity contribution is 0.0205. The van der Waals surface area contributed by atoms with E-state index in [1.807, 2.05) is 19.9 Å². The molecule has 0 saturated carbocycles. The molecule has 1 aromatic heterocycles. The monoisotopic (exact) mass is 243 g/mol. The minimum absolute atomic E-state index is 0.345. The molecule has 0 unspecified atom stereocenters. The van der Waals surface area contributed by atoms with Crippen molar-refractivity contribution in [1.29, 1.82) is 0 Å². The fourth-order valence-electron chi connectivity index (χ4n) is 2.21. The summed E-state index contributed by atoms with van der Waals surface area (Å²) in [7, 11) is 0. The highest BCUT2D eigenvalue weighted by molar-refractivity contribution is 6.28. The molecule has 1 N–H and O–H groups in total. The van der Waals surface area contributed by atoms with Gasteiger partial charge in [-0.1, -0.05) is 0 Å². The summed E-state index contributed by atoms with van der Waals surface area (Å²) in [6.45, 7) is 6.46. The van der Waals surface area contributed by atoms with Crippen molar-refractivity contribution in [3.8, 4) is 0 Å². The van der Waals surface area contributed by atoms with Crippen LogP contribution in [0.5, 0.6) is 0 Å². The first-order valence-electron chi connectivity index (χ1n) is 5.64. The van der Waals surface area contributed by atoms with E-state index in [1.165, 1.54) is 0 Å². The van der Waals surface area contributed by atoms with Crippen LogP contribution in [0.1, 0.15) is 26.0 Å². The fraction of sp³-hybridized carbons (Fsp3) is 0.667. The average molecular weight is 244 g/mol. The van der Waals surface area contributed by atoms with E-state index in [9.17, 15) is 5.11 Å². The van der Waals surface area contributed by atoms with Gasteiger partial charge in [-0.3, -0.25) is 4.90 Å². The Morgan fingerprint density at radius 1 is 1.56 bits per heavy atom. The molecule has 1 aliphatic heterocycles. The normalized spacial score (nSPS) is 22.9. The van der Waals surface area contributed by atoms with Gasteiger partial charge in [-0.05, 0) is 50.5 Å². The minimum Gasteiger partial charge on any atom is -0.448 e. The van der Waals surface area contributed by atoms with Crippen LogP contribution in [0, 0.1) is 5.92 Å². The second-order valence-electron chi connectivity index (χ2n) is 5.08. The minimum atomic E-state index is -0.588. The van der Waals surface area contributed by atoms with Crippen molar-refractivity contribution in [3.05, 3.63) is 23.1 Å². The first kappa shape index (κ1) is 12.0. The summed E-state index contributed by atoms with van der Waals surface area (Å²) in [6, 6.07) is 3.67. The molecule has 0 aromatic carbocycles. The molecule has 16 heavy (non-hydrogen) atoms. The van der Waals surface area contributed by atoms with Gasteiger partial charge in [0.25, 0.3) is 0 Å². The Balaban J connectivity index is 1.90. The van der Waals surface area contributed by atoms with E-state index in [2.05, 4.69) is 4.90 Å². The summed E-state index contributed by atoms with van der Waals surface area (Å²) < 4.78 is 5.33. The van der Waals surface area contributed by atoms with Crippen LogP contribution in [0.2, 0.25) is 5.22 Å². The first-order valence-corrected chi connectivity index (χ1v) is 6.02. The molecule has 2 rings (SSSR count). The highest BCUT2D eigenvalue weighted by Gasteiger charge is 2.33. The maximum absolute atomic E-state index is 9.93. The zero-order chi connectivity index (χ0) is 11.8. The lowest BCUT2D eigenvalue weighted by Crippen LogP contribution is -2.33. The Hall–Kier alpha value is -0.510.